The number of carbonyl (C=O) groups is 1. The van der Waals surface area contributed by atoms with Crippen molar-refractivity contribution in [3.8, 4) is 0 Å². The van der Waals surface area contributed by atoms with Crippen LogP contribution in [0, 0.1) is 0 Å². The Bertz CT molecular complexity index is 909. The lowest BCUT2D eigenvalue weighted by atomic mass is 9.88. The van der Waals surface area contributed by atoms with Crippen LogP contribution in [0.4, 0.5) is 5.69 Å². The Hall–Kier alpha value is -2.63. The van der Waals surface area contributed by atoms with E-state index in [1.807, 2.05) is 12.1 Å². The summed E-state index contributed by atoms with van der Waals surface area (Å²) in [6.07, 6.45) is 6.72. The van der Waals surface area contributed by atoms with Crippen molar-refractivity contribution in [3.63, 3.8) is 0 Å². The number of likely N-dealkylation sites (tertiary alicyclic amines) is 1. The second-order valence-electron chi connectivity index (χ2n) is 8.55. The Morgan fingerprint density at radius 2 is 2.03 bits per heavy atom. The third kappa shape index (κ3) is 4.27. The predicted molar refractivity (Wildman–Crippen MR) is 120 cm³/mol. The number of rotatable bonds is 6. The Labute approximate surface area is 178 Å². The topological polar surface area (TPSA) is 64.6 Å². The van der Waals surface area contributed by atoms with Gasteiger partial charge in [0.25, 0.3) is 5.91 Å². The van der Waals surface area contributed by atoms with Crippen molar-refractivity contribution < 1.29 is 10.0 Å². The summed E-state index contributed by atoms with van der Waals surface area (Å²) in [4.78, 5) is 13.8. The fourth-order valence-electron chi connectivity index (χ4n) is 5.10. The molecule has 2 aromatic rings. The third-order valence-corrected chi connectivity index (χ3v) is 6.75. The summed E-state index contributed by atoms with van der Waals surface area (Å²) < 4.78 is 0. The molecule has 158 valence electrons. The molecule has 5 nitrogen and oxygen atoms in total. The minimum atomic E-state index is -0.524. The van der Waals surface area contributed by atoms with E-state index in [1.54, 1.807) is 11.6 Å². The van der Waals surface area contributed by atoms with Crippen LogP contribution in [0.15, 0.2) is 54.6 Å². The summed E-state index contributed by atoms with van der Waals surface area (Å²) in [5.41, 5.74) is 6.61. The van der Waals surface area contributed by atoms with Crippen LogP contribution in [0.25, 0.3) is 6.08 Å². The van der Waals surface area contributed by atoms with E-state index >= 15 is 0 Å². The molecule has 0 spiro atoms. The third-order valence-electron chi connectivity index (χ3n) is 6.75. The van der Waals surface area contributed by atoms with Gasteiger partial charge in [-0.1, -0.05) is 42.5 Å². The Balaban J connectivity index is 1.44. The Kier molecular flexibility index (Phi) is 6.21. The average Bonchev–Trinajstić information content (AvgIpc) is 3.36. The van der Waals surface area contributed by atoms with Crippen LogP contribution >= 0.6 is 0 Å². The number of anilines is 1. The summed E-state index contributed by atoms with van der Waals surface area (Å²) in [7, 11) is 0. The second-order valence-corrected chi connectivity index (χ2v) is 8.55. The SMILES string of the molecule is CC1Nc2ccccc2C1C[C@H]1CCCN1[C@H](C)c1ccc(/C=C/C(=O)NO)cc1. The lowest BCUT2D eigenvalue weighted by molar-refractivity contribution is -0.124. The molecule has 2 heterocycles. The molecule has 3 N–H and O–H groups in total. The minimum absolute atomic E-state index is 0.358. The molecule has 2 aliphatic rings. The van der Waals surface area contributed by atoms with Crippen molar-refractivity contribution >= 4 is 17.7 Å². The number of hydrogen-bond acceptors (Lipinski definition) is 4. The van der Waals surface area contributed by atoms with Gasteiger partial charge in [0.05, 0.1) is 0 Å². The fraction of sp³-hybridized carbons (Fsp3) is 0.400. The molecule has 0 aliphatic carbocycles. The molecule has 2 aromatic carbocycles. The van der Waals surface area contributed by atoms with Crippen molar-refractivity contribution in [1.82, 2.24) is 10.4 Å². The largest absolute Gasteiger partial charge is 0.382 e. The van der Waals surface area contributed by atoms with Crippen LogP contribution in [-0.2, 0) is 4.79 Å². The smallest absolute Gasteiger partial charge is 0.267 e. The highest BCUT2D eigenvalue weighted by Crippen LogP contribution is 2.42. The molecule has 4 atom stereocenters. The quantitative estimate of drug-likeness (QED) is 0.370. The van der Waals surface area contributed by atoms with Gasteiger partial charge in [-0.2, -0.15) is 0 Å². The zero-order valence-corrected chi connectivity index (χ0v) is 17.7. The number of carbonyl (C=O) groups excluding carboxylic acids is 1. The summed E-state index contributed by atoms with van der Waals surface area (Å²) in [5.74, 6) is 0.0359. The maximum absolute atomic E-state index is 11.2. The molecule has 1 saturated heterocycles. The van der Waals surface area contributed by atoms with Crippen molar-refractivity contribution in [1.29, 1.82) is 0 Å². The van der Waals surface area contributed by atoms with Crippen LogP contribution < -0.4 is 10.8 Å². The van der Waals surface area contributed by atoms with Crippen molar-refractivity contribution in [2.75, 3.05) is 11.9 Å². The first-order valence-corrected chi connectivity index (χ1v) is 10.9. The number of amides is 1. The van der Waals surface area contributed by atoms with Crippen molar-refractivity contribution in [3.05, 3.63) is 71.3 Å². The van der Waals surface area contributed by atoms with Gasteiger partial charge in [0.2, 0.25) is 0 Å². The predicted octanol–water partition coefficient (Wildman–Crippen LogP) is 4.72. The van der Waals surface area contributed by atoms with E-state index in [2.05, 4.69) is 60.5 Å². The van der Waals surface area contributed by atoms with E-state index in [-0.39, 0.29) is 0 Å². The van der Waals surface area contributed by atoms with Gasteiger partial charge >= 0.3 is 0 Å². The molecule has 2 unspecified atom stereocenters. The first kappa shape index (κ1) is 20.6. The van der Waals surface area contributed by atoms with Gasteiger partial charge in [0.15, 0.2) is 0 Å². The van der Waals surface area contributed by atoms with Crippen LogP contribution in [0.2, 0.25) is 0 Å². The van der Waals surface area contributed by atoms with Crippen LogP contribution in [0.1, 0.15) is 61.8 Å². The molecule has 0 radical (unpaired) electrons. The molecule has 0 aromatic heterocycles. The normalized spacial score (nSPS) is 24.6. The molecule has 0 bridgehead atoms. The second kappa shape index (κ2) is 9.02. The zero-order chi connectivity index (χ0) is 21.1. The minimum Gasteiger partial charge on any atom is -0.382 e. The van der Waals surface area contributed by atoms with E-state index in [9.17, 15) is 4.79 Å². The number of nitrogens with zero attached hydrogens (tertiary/aromatic N) is 1. The van der Waals surface area contributed by atoms with Crippen LogP contribution in [0.3, 0.4) is 0 Å². The van der Waals surface area contributed by atoms with Gasteiger partial charge in [0, 0.05) is 35.8 Å². The number of hydroxylamine groups is 1. The number of nitrogens with one attached hydrogen (secondary N) is 2. The summed E-state index contributed by atoms with van der Waals surface area (Å²) in [6.45, 7) is 5.74. The van der Waals surface area contributed by atoms with Gasteiger partial charge in [-0.3, -0.25) is 14.9 Å². The molecule has 1 amide bonds. The Morgan fingerprint density at radius 3 is 2.80 bits per heavy atom. The van der Waals surface area contributed by atoms with Crippen LogP contribution in [-0.4, -0.2) is 34.6 Å². The average molecular weight is 406 g/mol. The van der Waals surface area contributed by atoms with E-state index < -0.39 is 5.91 Å². The number of benzene rings is 2. The molecule has 0 saturated carbocycles. The van der Waals surface area contributed by atoms with Crippen molar-refractivity contribution in [2.45, 2.75) is 57.2 Å². The molecular weight excluding hydrogens is 374 g/mol. The summed E-state index contributed by atoms with van der Waals surface area (Å²) in [5, 5.41) is 12.2. The number of fused-ring (bicyclic) bond motifs is 1. The Morgan fingerprint density at radius 1 is 1.27 bits per heavy atom. The first-order chi connectivity index (χ1) is 14.6. The monoisotopic (exact) mass is 405 g/mol. The highest BCUT2D eigenvalue weighted by atomic mass is 16.5. The maximum atomic E-state index is 11.2. The number of para-hydroxylation sites is 1. The molecule has 2 aliphatic heterocycles. The van der Waals surface area contributed by atoms with E-state index in [0.717, 1.165) is 12.1 Å². The van der Waals surface area contributed by atoms with Crippen LogP contribution in [0.5, 0.6) is 0 Å². The zero-order valence-electron chi connectivity index (χ0n) is 17.7. The van der Waals surface area contributed by atoms with E-state index in [4.69, 9.17) is 5.21 Å². The van der Waals surface area contributed by atoms with Gasteiger partial charge in [-0.15, -0.1) is 0 Å². The van der Waals surface area contributed by atoms with E-state index in [1.165, 1.54) is 42.2 Å². The highest BCUT2D eigenvalue weighted by molar-refractivity contribution is 5.90. The summed E-state index contributed by atoms with van der Waals surface area (Å²) >= 11 is 0. The molecule has 30 heavy (non-hydrogen) atoms. The highest BCUT2D eigenvalue weighted by Gasteiger charge is 2.36. The lowest BCUT2D eigenvalue weighted by Crippen LogP contribution is -2.34. The molecule has 5 heteroatoms. The summed E-state index contributed by atoms with van der Waals surface area (Å²) in [6, 6.07) is 18.5. The maximum Gasteiger partial charge on any atom is 0.267 e. The van der Waals surface area contributed by atoms with E-state index in [0.29, 0.717) is 24.0 Å². The molecular formula is C25H31N3O2. The van der Waals surface area contributed by atoms with Gasteiger partial charge in [0.1, 0.15) is 0 Å². The number of hydrogen-bond donors (Lipinski definition) is 3. The standard InChI is InChI=1S/C25H31N3O2/c1-17-23(22-7-3-4-8-24(22)26-17)16-21-6-5-15-28(21)18(2)20-12-9-19(10-13-20)11-14-25(29)27-30/h3-4,7-14,17-18,21,23,26,30H,5-6,15-16H2,1-2H3,(H,27,29)/b14-11+/t17?,18-,21-,23?/m1/s1. The van der Waals surface area contributed by atoms with Gasteiger partial charge in [-0.25, -0.2) is 5.48 Å². The van der Waals surface area contributed by atoms with Crippen molar-refractivity contribution in [2.24, 2.45) is 0 Å². The fourth-order valence-corrected chi connectivity index (χ4v) is 5.10. The molecule has 4 rings (SSSR count). The lowest BCUT2D eigenvalue weighted by Gasteiger charge is -2.33. The van der Waals surface area contributed by atoms with Gasteiger partial charge in [-0.05, 0) is 68.5 Å². The first-order valence-electron chi connectivity index (χ1n) is 10.9. The molecule has 1 fully saturated rings. The van der Waals surface area contributed by atoms with Gasteiger partial charge < -0.3 is 5.32 Å².